The number of benzene rings is 3. The van der Waals surface area contributed by atoms with Crippen molar-refractivity contribution in [2.75, 3.05) is 10.0 Å². The van der Waals surface area contributed by atoms with E-state index in [0.29, 0.717) is 5.69 Å². The summed E-state index contributed by atoms with van der Waals surface area (Å²) in [5.74, 6) is -0.441. The minimum absolute atomic E-state index is 0.133. The lowest BCUT2D eigenvalue weighted by Gasteiger charge is -2.11. The standard InChI is InChI=1S/C20H16BrClN2O3S/c1-13-2-9-17(10-3-13)28(26,27)24-16-8-11-19(22)18(12-16)20(25)23-15-6-4-14(21)5-7-15/h2-12,24H,1H3,(H,23,25). The third-order valence-corrected chi connectivity index (χ3v) is 6.15. The van der Waals surface area contributed by atoms with Gasteiger partial charge in [-0.15, -0.1) is 0 Å². The van der Waals surface area contributed by atoms with Crippen molar-refractivity contribution in [3.05, 3.63) is 87.4 Å². The van der Waals surface area contributed by atoms with E-state index < -0.39 is 15.9 Å². The number of sulfonamides is 1. The van der Waals surface area contributed by atoms with E-state index in [1.165, 1.54) is 30.3 Å². The number of anilines is 2. The zero-order valence-electron chi connectivity index (χ0n) is 14.7. The van der Waals surface area contributed by atoms with Gasteiger partial charge in [-0.05, 0) is 61.5 Å². The van der Waals surface area contributed by atoms with Crippen molar-refractivity contribution in [3.8, 4) is 0 Å². The Balaban J connectivity index is 1.83. The van der Waals surface area contributed by atoms with Crippen molar-refractivity contribution in [2.45, 2.75) is 11.8 Å². The van der Waals surface area contributed by atoms with E-state index in [0.717, 1.165) is 10.0 Å². The van der Waals surface area contributed by atoms with Crippen LogP contribution in [-0.2, 0) is 10.0 Å². The molecule has 0 unspecified atom stereocenters. The number of hydrogen-bond donors (Lipinski definition) is 2. The van der Waals surface area contributed by atoms with Gasteiger partial charge >= 0.3 is 0 Å². The average Bonchev–Trinajstić information content (AvgIpc) is 2.65. The highest BCUT2D eigenvalue weighted by Crippen LogP contribution is 2.24. The van der Waals surface area contributed by atoms with Crippen molar-refractivity contribution in [3.63, 3.8) is 0 Å². The molecule has 3 rings (SSSR count). The molecule has 3 aromatic rings. The molecule has 0 atom stereocenters. The lowest BCUT2D eigenvalue weighted by atomic mass is 10.2. The first-order chi connectivity index (χ1) is 13.2. The van der Waals surface area contributed by atoms with Crippen LogP contribution in [-0.4, -0.2) is 14.3 Å². The van der Waals surface area contributed by atoms with Gasteiger partial charge in [0.2, 0.25) is 0 Å². The first kappa shape index (κ1) is 20.4. The average molecular weight is 480 g/mol. The molecule has 3 aromatic carbocycles. The van der Waals surface area contributed by atoms with Gasteiger partial charge in [0, 0.05) is 15.8 Å². The Labute approximate surface area is 176 Å². The molecule has 0 fully saturated rings. The second-order valence-electron chi connectivity index (χ2n) is 6.07. The minimum atomic E-state index is -3.78. The maximum atomic E-state index is 12.6. The summed E-state index contributed by atoms with van der Waals surface area (Å²) in [6, 6.07) is 17.9. The van der Waals surface area contributed by atoms with E-state index in [9.17, 15) is 13.2 Å². The van der Waals surface area contributed by atoms with Crippen molar-refractivity contribution < 1.29 is 13.2 Å². The van der Waals surface area contributed by atoms with Crippen LogP contribution in [0.3, 0.4) is 0 Å². The van der Waals surface area contributed by atoms with Crippen LogP contribution in [0.1, 0.15) is 15.9 Å². The highest BCUT2D eigenvalue weighted by atomic mass is 79.9. The summed E-state index contributed by atoms with van der Waals surface area (Å²) in [6.07, 6.45) is 0. The predicted molar refractivity (Wildman–Crippen MR) is 116 cm³/mol. The van der Waals surface area contributed by atoms with Crippen LogP contribution in [0.25, 0.3) is 0 Å². The summed E-state index contributed by atoms with van der Waals surface area (Å²) in [5.41, 5.74) is 1.95. The molecule has 0 heterocycles. The predicted octanol–water partition coefficient (Wildman–Crippen LogP) is 5.46. The molecule has 28 heavy (non-hydrogen) atoms. The normalized spacial score (nSPS) is 11.1. The first-order valence-electron chi connectivity index (χ1n) is 8.20. The number of halogens is 2. The molecular weight excluding hydrogens is 464 g/mol. The van der Waals surface area contributed by atoms with Gasteiger partial charge in [0.1, 0.15) is 0 Å². The molecule has 2 N–H and O–H groups in total. The molecule has 144 valence electrons. The summed E-state index contributed by atoms with van der Waals surface area (Å²) < 4.78 is 28.5. The molecule has 0 saturated heterocycles. The molecule has 0 aliphatic heterocycles. The maximum absolute atomic E-state index is 12.6. The highest BCUT2D eigenvalue weighted by molar-refractivity contribution is 9.10. The number of aryl methyl sites for hydroxylation is 1. The summed E-state index contributed by atoms with van der Waals surface area (Å²) >= 11 is 9.47. The van der Waals surface area contributed by atoms with Crippen molar-refractivity contribution in [2.24, 2.45) is 0 Å². The van der Waals surface area contributed by atoms with Gasteiger partial charge in [0.25, 0.3) is 15.9 Å². The smallest absolute Gasteiger partial charge is 0.261 e. The summed E-state index contributed by atoms with van der Waals surface area (Å²) in [7, 11) is -3.78. The topological polar surface area (TPSA) is 75.3 Å². The van der Waals surface area contributed by atoms with Crippen LogP contribution < -0.4 is 10.0 Å². The maximum Gasteiger partial charge on any atom is 0.261 e. The second kappa shape index (κ2) is 8.34. The van der Waals surface area contributed by atoms with E-state index in [1.54, 1.807) is 36.4 Å². The largest absolute Gasteiger partial charge is 0.322 e. The van der Waals surface area contributed by atoms with Gasteiger partial charge in [-0.3, -0.25) is 9.52 Å². The number of amides is 1. The lowest BCUT2D eigenvalue weighted by Crippen LogP contribution is -2.15. The summed E-state index contributed by atoms with van der Waals surface area (Å²) in [4.78, 5) is 12.7. The number of carbonyl (C=O) groups excluding carboxylic acids is 1. The molecule has 0 aromatic heterocycles. The van der Waals surface area contributed by atoms with E-state index >= 15 is 0 Å². The third kappa shape index (κ3) is 4.92. The number of rotatable bonds is 5. The molecule has 0 aliphatic carbocycles. The Morgan fingerprint density at radius 3 is 2.18 bits per heavy atom. The molecule has 0 saturated carbocycles. The van der Waals surface area contributed by atoms with Gasteiger partial charge in [-0.25, -0.2) is 8.42 Å². The van der Waals surface area contributed by atoms with Crippen molar-refractivity contribution >= 4 is 54.8 Å². The summed E-state index contributed by atoms with van der Waals surface area (Å²) in [6.45, 7) is 1.87. The SMILES string of the molecule is Cc1ccc(S(=O)(=O)Nc2ccc(Cl)c(C(=O)Nc3ccc(Br)cc3)c2)cc1. The second-order valence-corrected chi connectivity index (χ2v) is 9.08. The fourth-order valence-corrected chi connectivity index (χ4v) is 3.94. The van der Waals surface area contributed by atoms with E-state index in [4.69, 9.17) is 11.6 Å². The zero-order chi connectivity index (χ0) is 20.3. The Hall–Kier alpha value is -2.35. The molecule has 0 bridgehead atoms. The minimum Gasteiger partial charge on any atom is -0.322 e. The van der Waals surface area contributed by atoms with Crippen LogP contribution in [0.4, 0.5) is 11.4 Å². The van der Waals surface area contributed by atoms with E-state index in [1.807, 2.05) is 6.92 Å². The molecule has 8 heteroatoms. The fourth-order valence-electron chi connectivity index (χ4n) is 2.43. The van der Waals surface area contributed by atoms with Crippen LogP contribution in [0, 0.1) is 6.92 Å². The number of hydrogen-bond acceptors (Lipinski definition) is 3. The Bertz CT molecular complexity index is 1120. The Morgan fingerprint density at radius 2 is 1.54 bits per heavy atom. The van der Waals surface area contributed by atoms with Gasteiger partial charge in [0.15, 0.2) is 0 Å². The van der Waals surface area contributed by atoms with Gasteiger partial charge in [-0.2, -0.15) is 0 Å². The first-order valence-corrected chi connectivity index (χ1v) is 10.9. The van der Waals surface area contributed by atoms with Crippen LogP contribution in [0.5, 0.6) is 0 Å². The highest BCUT2D eigenvalue weighted by Gasteiger charge is 2.17. The monoisotopic (exact) mass is 478 g/mol. The van der Waals surface area contributed by atoms with Crippen molar-refractivity contribution in [1.29, 1.82) is 0 Å². The molecular formula is C20H16BrClN2O3S. The van der Waals surface area contributed by atoms with E-state index in [-0.39, 0.29) is 21.2 Å². The molecule has 1 amide bonds. The molecule has 0 radical (unpaired) electrons. The Morgan fingerprint density at radius 1 is 0.929 bits per heavy atom. The summed E-state index contributed by atoms with van der Waals surface area (Å²) in [5, 5.41) is 2.95. The van der Waals surface area contributed by atoms with Crippen LogP contribution in [0.15, 0.2) is 76.1 Å². The van der Waals surface area contributed by atoms with Crippen molar-refractivity contribution in [1.82, 2.24) is 0 Å². The molecule has 5 nitrogen and oxygen atoms in total. The van der Waals surface area contributed by atoms with Gasteiger partial charge in [0.05, 0.1) is 15.5 Å². The number of carbonyl (C=O) groups is 1. The van der Waals surface area contributed by atoms with E-state index in [2.05, 4.69) is 26.0 Å². The molecule has 0 aliphatic rings. The zero-order valence-corrected chi connectivity index (χ0v) is 17.9. The van der Waals surface area contributed by atoms with Crippen LogP contribution in [0.2, 0.25) is 5.02 Å². The quantitative estimate of drug-likeness (QED) is 0.510. The van der Waals surface area contributed by atoms with Gasteiger partial charge in [-0.1, -0.05) is 45.2 Å². The molecule has 0 spiro atoms. The van der Waals surface area contributed by atoms with Crippen LogP contribution >= 0.6 is 27.5 Å². The van der Waals surface area contributed by atoms with Gasteiger partial charge < -0.3 is 5.32 Å². The fraction of sp³-hybridized carbons (Fsp3) is 0.0500. The number of nitrogens with one attached hydrogen (secondary N) is 2. The Kier molecular flexibility index (Phi) is 6.07. The third-order valence-electron chi connectivity index (χ3n) is 3.90. The lowest BCUT2D eigenvalue weighted by molar-refractivity contribution is 0.102.